The number of carbonyl (C=O) groups excluding carboxylic acids is 2. The van der Waals surface area contributed by atoms with E-state index in [4.69, 9.17) is 11.6 Å². The highest BCUT2D eigenvalue weighted by Gasteiger charge is 2.31. The van der Waals surface area contributed by atoms with Crippen LogP contribution in [-0.2, 0) is 9.59 Å². The van der Waals surface area contributed by atoms with Crippen LogP contribution in [0.25, 0.3) is 0 Å². The predicted octanol–water partition coefficient (Wildman–Crippen LogP) is 0.646. The maximum atomic E-state index is 11.7. The minimum absolute atomic E-state index is 0.0972. The molecule has 0 saturated carbocycles. The van der Waals surface area contributed by atoms with Crippen molar-refractivity contribution >= 4 is 23.4 Å². The second-order valence-electron chi connectivity index (χ2n) is 4.48. The Morgan fingerprint density at radius 1 is 1.67 bits per heavy atom. The number of alkyl halides is 1. The van der Waals surface area contributed by atoms with Crippen LogP contribution in [0.5, 0.6) is 0 Å². The predicted molar refractivity (Wildman–Crippen MR) is 58.7 cm³/mol. The van der Waals surface area contributed by atoms with E-state index in [1.165, 1.54) is 0 Å². The number of hydrogen-bond acceptors (Lipinski definition) is 2. The van der Waals surface area contributed by atoms with Crippen LogP contribution in [0, 0.1) is 5.41 Å². The molecular weight excluding hydrogens is 216 g/mol. The van der Waals surface area contributed by atoms with Gasteiger partial charge < -0.3 is 10.6 Å². The summed E-state index contributed by atoms with van der Waals surface area (Å²) >= 11 is 5.68. The normalized spacial score (nSPS) is 22.1. The summed E-state index contributed by atoms with van der Waals surface area (Å²) in [6.07, 6.45) is 1.61. The van der Waals surface area contributed by atoms with Crippen molar-refractivity contribution < 1.29 is 9.59 Å². The zero-order valence-electron chi connectivity index (χ0n) is 9.10. The summed E-state index contributed by atoms with van der Waals surface area (Å²) in [6, 6.07) is -0.395. The van der Waals surface area contributed by atoms with Gasteiger partial charge in [0.15, 0.2) is 0 Å². The quantitative estimate of drug-likeness (QED) is 0.702. The Balaban J connectivity index is 2.53. The Kier molecular flexibility index (Phi) is 3.97. The smallest absolute Gasteiger partial charge is 0.242 e. The molecule has 0 spiro atoms. The molecule has 0 radical (unpaired) electrons. The van der Waals surface area contributed by atoms with E-state index in [0.717, 1.165) is 6.42 Å². The second kappa shape index (κ2) is 4.84. The number of amides is 2. The Morgan fingerprint density at radius 2 is 2.33 bits per heavy atom. The van der Waals surface area contributed by atoms with Crippen molar-refractivity contribution in [3.05, 3.63) is 0 Å². The fraction of sp³-hybridized carbons (Fsp3) is 0.800. The van der Waals surface area contributed by atoms with E-state index in [1.54, 1.807) is 13.8 Å². The Hall–Kier alpha value is -0.770. The summed E-state index contributed by atoms with van der Waals surface area (Å²) < 4.78 is 0. The molecule has 1 rings (SSSR count). The molecule has 1 saturated heterocycles. The van der Waals surface area contributed by atoms with Crippen LogP contribution in [0.15, 0.2) is 0 Å². The third-order valence-electron chi connectivity index (χ3n) is 2.54. The number of nitrogens with one attached hydrogen (secondary N) is 2. The first-order valence-corrected chi connectivity index (χ1v) is 5.65. The van der Waals surface area contributed by atoms with Gasteiger partial charge in [-0.2, -0.15) is 0 Å². The Morgan fingerprint density at radius 3 is 2.87 bits per heavy atom. The minimum Gasteiger partial charge on any atom is -0.354 e. The molecule has 2 amide bonds. The van der Waals surface area contributed by atoms with Crippen molar-refractivity contribution in [2.75, 3.05) is 12.4 Å². The van der Waals surface area contributed by atoms with E-state index in [2.05, 4.69) is 10.6 Å². The molecule has 4 nitrogen and oxygen atoms in total. The van der Waals surface area contributed by atoms with Crippen molar-refractivity contribution in [2.24, 2.45) is 5.41 Å². The maximum absolute atomic E-state index is 11.7. The van der Waals surface area contributed by atoms with Crippen LogP contribution in [-0.4, -0.2) is 30.3 Å². The Bertz CT molecular complexity index is 266. The fourth-order valence-electron chi connectivity index (χ4n) is 1.32. The molecule has 0 bridgehead atoms. The van der Waals surface area contributed by atoms with Crippen LogP contribution < -0.4 is 10.6 Å². The van der Waals surface area contributed by atoms with Gasteiger partial charge in [-0.3, -0.25) is 9.59 Å². The first kappa shape index (κ1) is 12.3. The first-order chi connectivity index (χ1) is 6.97. The van der Waals surface area contributed by atoms with Crippen molar-refractivity contribution in [1.29, 1.82) is 0 Å². The van der Waals surface area contributed by atoms with Gasteiger partial charge in [0.05, 0.1) is 5.41 Å². The van der Waals surface area contributed by atoms with Gasteiger partial charge in [-0.15, -0.1) is 11.6 Å². The van der Waals surface area contributed by atoms with Crippen LogP contribution in [0.4, 0.5) is 0 Å². The zero-order chi connectivity index (χ0) is 11.5. The molecule has 1 unspecified atom stereocenters. The van der Waals surface area contributed by atoms with Crippen LogP contribution >= 0.6 is 11.6 Å². The second-order valence-corrected chi connectivity index (χ2v) is 4.74. The third-order valence-corrected chi connectivity index (χ3v) is 3.21. The molecule has 0 aliphatic carbocycles. The molecule has 1 atom stereocenters. The lowest BCUT2D eigenvalue weighted by atomic mass is 9.94. The van der Waals surface area contributed by atoms with Gasteiger partial charge in [0.25, 0.3) is 0 Å². The van der Waals surface area contributed by atoms with Gasteiger partial charge in [0, 0.05) is 12.4 Å². The van der Waals surface area contributed by atoms with E-state index in [0.29, 0.717) is 13.0 Å². The molecule has 1 fully saturated rings. The molecule has 1 heterocycles. The molecule has 0 aromatic heterocycles. The van der Waals surface area contributed by atoms with Crippen molar-refractivity contribution in [3.63, 3.8) is 0 Å². The number of carbonyl (C=O) groups is 2. The lowest BCUT2D eigenvalue weighted by molar-refractivity contribution is -0.134. The van der Waals surface area contributed by atoms with Crippen LogP contribution in [0.2, 0.25) is 0 Å². The number of piperidine rings is 1. The van der Waals surface area contributed by atoms with Gasteiger partial charge in [-0.05, 0) is 26.7 Å². The maximum Gasteiger partial charge on any atom is 0.242 e. The van der Waals surface area contributed by atoms with Gasteiger partial charge in [-0.25, -0.2) is 0 Å². The average molecular weight is 233 g/mol. The highest BCUT2D eigenvalue weighted by Crippen LogP contribution is 2.18. The summed E-state index contributed by atoms with van der Waals surface area (Å²) in [5.74, 6) is -0.0211. The molecule has 0 aromatic carbocycles. The standard InChI is InChI=1S/C10H17ClN2O2/c1-10(2,6-11)9(15)13-7-4-3-5-12-8(7)14/h7H,3-6H2,1-2H3,(H,12,14)(H,13,15). The van der Waals surface area contributed by atoms with Gasteiger partial charge in [0.1, 0.15) is 6.04 Å². The van der Waals surface area contributed by atoms with Crippen molar-refractivity contribution in [1.82, 2.24) is 10.6 Å². The van der Waals surface area contributed by atoms with Crippen molar-refractivity contribution in [3.8, 4) is 0 Å². The van der Waals surface area contributed by atoms with Crippen LogP contribution in [0.1, 0.15) is 26.7 Å². The molecular formula is C10H17ClN2O2. The summed E-state index contributed by atoms with van der Waals surface area (Å²) in [7, 11) is 0. The molecule has 1 aliphatic rings. The molecule has 15 heavy (non-hydrogen) atoms. The summed E-state index contributed by atoms with van der Waals surface area (Å²) in [5, 5.41) is 5.44. The van der Waals surface area contributed by atoms with Gasteiger partial charge in [-0.1, -0.05) is 0 Å². The summed E-state index contributed by atoms with van der Waals surface area (Å²) in [4.78, 5) is 23.1. The fourth-order valence-corrected chi connectivity index (χ4v) is 1.45. The molecule has 0 aromatic rings. The number of rotatable bonds is 3. The highest BCUT2D eigenvalue weighted by molar-refractivity contribution is 6.19. The monoisotopic (exact) mass is 232 g/mol. The van der Waals surface area contributed by atoms with E-state index in [9.17, 15) is 9.59 Å². The lowest BCUT2D eigenvalue weighted by Crippen LogP contribution is -2.53. The summed E-state index contributed by atoms with van der Waals surface area (Å²) in [5.41, 5.74) is -0.626. The summed E-state index contributed by atoms with van der Waals surface area (Å²) in [6.45, 7) is 4.22. The first-order valence-electron chi connectivity index (χ1n) is 5.12. The third kappa shape index (κ3) is 3.09. The highest BCUT2D eigenvalue weighted by atomic mass is 35.5. The van der Waals surface area contributed by atoms with E-state index in [-0.39, 0.29) is 17.7 Å². The van der Waals surface area contributed by atoms with Crippen LogP contribution in [0.3, 0.4) is 0 Å². The van der Waals surface area contributed by atoms with E-state index < -0.39 is 11.5 Å². The molecule has 5 heteroatoms. The largest absolute Gasteiger partial charge is 0.354 e. The van der Waals surface area contributed by atoms with Gasteiger partial charge >= 0.3 is 0 Å². The number of hydrogen-bond donors (Lipinski definition) is 2. The average Bonchev–Trinajstić information content (AvgIpc) is 2.21. The van der Waals surface area contributed by atoms with E-state index >= 15 is 0 Å². The van der Waals surface area contributed by atoms with Gasteiger partial charge in [0.2, 0.25) is 11.8 Å². The number of halogens is 1. The molecule has 86 valence electrons. The van der Waals surface area contributed by atoms with E-state index in [1.807, 2.05) is 0 Å². The lowest BCUT2D eigenvalue weighted by Gasteiger charge is -2.27. The topological polar surface area (TPSA) is 58.2 Å². The SMILES string of the molecule is CC(C)(CCl)C(=O)NC1CCCNC1=O. The molecule has 2 N–H and O–H groups in total. The van der Waals surface area contributed by atoms with Crippen molar-refractivity contribution in [2.45, 2.75) is 32.7 Å². The molecule has 1 aliphatic heterocycles. The Labute approximate surface area is 94.7 Å². The zero-order valence-corrected chi connectivity index (χ0v) is 9.86. The minimum atomic E-state index is -0.626.